The number of carbonyl (C=O) groups excluding carboxylic acids is 2. The molecule has 2 amide bonds. The number of hydrogen-bond donors (Lipinski definition) is 1. The summed E-state index contributed by atoms with van der Waals surface area (Å²) in [6.45, 7) is 5.51. The Balaban J connectivity index is 1.67. The highest BCUT2D eigenvalue weighted by atomic mass is 19.4. The van der Waals surface area contributed by atoms with E-state index < -0.39 is 23.7 Å². The zero-order valence-electron chi connectivity index (χ0n) is 20.4. The lowest BCUT2D eigenvalue weighted by Crippen LogP contribution is -2.52. The van der Waals surface area contributed by atoms with Gasteiger partial charge >= 0.3 is 6.18 Å². The molecule has 1 heterocycles. The summed E-state index contributed by atoms with van der Waals surface area (Å²) in [4.78, 5) is 30.1. The molecule has 2 fully saturated rings. The van der Waals surface area contributed by atoms with Crippen molar-refractivity contribution in [3.05, 3.63) is 35.4 Å². The molecule has 2 aliphatic rings. The Bertz CT molecular complexity index is 861. The average Bonchev–Trinajstić information content (AvgIpc) is 3.16. The maximum atomic E-state index is 13.2. The fraction of sp³-hybridized carbons (Fsp3) is 0.680. The second-order valence-electron chi connectivity index (χ2n) is 9.76. The maximum Gasteiger partial charge on any atom is 0.416 e. The molecule has 9 heteroatoms. The molecule has 34 heavy (non-hydrogen) atoms. The standard InChI is InChI=1S/C25H36F3N3O3/c1-16(2)30(3)20-8-9-22(17(15-20)11-13-34-4)31-12-10-21(24(31)33)29-23(32)18-6-5-7-19(14-18)25(26,27)28/h5-7,14,16-17,20-22H,8-13,15H2,1-4H3,(H,29,32)/t17-,20-,21?,22+/m1/s1. The number of halogens is 3. The van der Waals surface area contributed by atoms with Crippen LogP contribution < -0.4 is 5.32 Å². The fourth-order valence-electron chi connectivity index (χ4n) is 5.25. The number of amides is 2. The third kappa shape index (κ3) is 6.10. The summed E-state index contributed by atoms with van der Waals surface area (Å²) in [6.07, 6.45) is -0.366. The minimum Gasteiger partial charge on any atom is -0.385 e. The first-order valence-electron chi connectivity index (χ1n) is 12.0. The van der Waals surface area contributed by atoms with Gasteiger partial charge in [0, 0.05) is 44.0 Å². The minimum absolute atomic E-state index is 0.0786. The van der Waals surface area contributed by atoms with E-state index >= 15 is 0 Å². The molecule has 1 unspecified atom stereocenters. The predicted molar refractivity (Wildman–Crippen MR) is 123 cm³/mol. The third-order valence-electron chi connectivity index (χ3n) is 7.40. The highest BCUT2D eigenvalue weighted by Gasteiger charge is 2.42. The van der Waals surface area contributed by atoms with E-state index in [4.69, 9.17) is 4.74 Å². The van der Waals surface area contributed by atoms with Crippen molar-refractivity contribution >= 4 is 11.8 Å². The van der Waals surface area contributed by atoms with Crippen LogP contribution in [0.5, 0.6) is 0 Å². The van der Waals surface area contributed by atoms with Crippen molar-refractivity contribution in [3.8, 4) is 0 Å². The molecule has 0 aromatic heterocycles. The summed E-state index contributed by atoms with van der Waals surface area (Å²) >= 11 is 0. The molecule has 1 aliphatic heterocycles. The number of methoxy groups -OCH3 is 1. The molecule has 6 nitrogen and oxygen atoms in total. The predicted octanol–water partition coefficient (Wildman–Crippen LogP) is 3.95. The van der Waals surface area contributed by atoms with E-state index in [0.29, 0.717) is 37.6 Å². The van der Waals surface area contributed by atoms with Gasteiger partial charge in [-0.05, 0) is 77.1 Å². The molecule has 190 valence electrons. The topological polar surface area (TPSA) is 61.9 Å². The number of alkyl halides is 3. The third-order valence-corrected chi connectivity index (χ3v) is 7.40. The van der Waals surface area contributed by atoms with Crippen LogP contribution in [0.15, 0.2) is 24.3 Å². The van der Waals surface area contributed by atoms with Crippen LogP contribution in [0.3, 0.4) is 0 Å². The van der Waals surface area contributed by atoms with E-state index in [1.54, 1.807) is 7.11 Å². The van der Waals surface area contributed by atoms with Gasteiger partial charge in [0.15, 0.2) is 0 Å². The van der Waals surface area contributed by atoms with Crippen LogP contribution in [0.4, 0.5) is 13.2 Å². The van der Waals surface area contributed by atoms with E-state index in [1.807, 2.05) is 4.90 Å². The summed E-state index contributed by atoms with van der Waals surface area (Å²) in [5.74, 6) is -0.519. The highest BCUT2D eigenvalue weighted by Crippen LogP contribution is 2.36. The molecule has 4 atom stereocenters. The number of nitrogens with one attached hydrogen (secondary N) is 1. The van der Waals surface area contributed by atoms with E-state index in [-0.39, 0.29) is 17.5 Å². The first kappa shape index (κ1) is 26.5. The SMILES string of the molecule is COCC[C@@H]1C[C@H](N(C)C(C)C)CC[C@@H]1N1CCC(NC(=O)c2cccc(C(F)(F)F)c2)C1=O. The Labute approximate surface area is 199 Å². The van der Waals surface area contributed by atoms with Crippen molar-refractivity contribution in [2.75, 3.05) is 27.3 Å². The van der Waals surface area contributed by atoms with Crippen molar-refractivity contribution in [3.63, 3.8) is 0 Å². The normalized spacial score (nSPS) is 25.9. The minimum atomic E-state index is -4.53. The highest BCUT2D eigenvalue weighted by molar-refractivity contribution is 5.98. The second-order valence-corrected chi connectivity index (χ2v) is 9.76. The summed E-state index contributed by atoms with van der Waals surface area (Å²) in [5, 5.41) is 2.66. The van der Waals surface area contributed by atoms with Crippen LogP contribution in [0.25, 0.3) is 0 Å². The van der Waals surface area contributed by atoms with Gasteiger partial charge in [-0.25, -0.2) is 0 Å². The van der Waals surface area contributed by atoms with Gasteiger partial charge in [-0.1, -0.05) is 6.07 Å². The molecular formula is C25H36F3N3O3. The number of nitrogens with zero attached hydrogens (tertiary/aromatic N) is 2. The van der Waals surface area contributed by atoms with Crippen LogP contribution in [0.2, 0.25) is 0 Å². The first-order chi connectivity index (χ1) is 16.0. The molecule has 3 rings (SSSR count). The lowest BCUT2D eigenvalue weighted by Gasteiger charge is -2.44. The van der Waals surface area contributed by atoms with E-state index in [9.17, 15) is 22.8 Å². The molecule has 1 aliphatic carbocycles. The molecular weight excluding hydrogens is 447 g/mol. The number of carbonyl (C=O) groups is 2. The molecule has 0 radical (unpaired) electrons. The van der Waals surface area contributed by atoms with Crippen LogP contribution >= 0.6 is 0 Å². The number of rotatable bonds is 8. The zero-order chi connectivity index (χ0) is 25.0. The Kier molecular flexibility index (Phi) is 8.62. The number of hydrogen-bond acceptors (Lipinski definition) is 4. The summed E-state index contributed by atoms with van der Waals surface area (Å²) in [6, 6.07) is 4.52. The molecule has 1 saturated carbocycles. The quantitative estimate of drug-likeness (QED) is 0.608. The zero-order valence-corrected chi connectivity index (χ0v) is 20.4. The molecule has 1 aromatic carbocycles. The van der Waals surface area contributed by atoms with Gasteiger partial charge in [0.05, 0.1) is 5.56 Å². The lowest BCUT2D eigenvalue weighted by atomic mass is 9.78. The fourth-order valence-corrected chi connectivity index (χ4v) is 5.25. The van der Waals surface area contributed by atoms with Gasteiger partial charge in [0.2, 0.25) is 5.91 Å². The van der Waals surface area contributed by atoms with Crippen molar-refractivity contribution in [2.24, 2.45) is 5.92 Å². The van der Waals surface area contributed by atoms with Gasteiger partial charge < -0.3 is 19.9 Å². The van der Waals surface area contributed by atoms with Crippen molar-refractivity contribution in [2.45, 2.75) is 76.3 Å². The maximum absolute atomic E-state index is 13.2. The average molecular weight is 484 g/mol. The second kappa shape index (κ2) is 11.1. The van der Waals surface area contributed by atoms with Gasteiger partial charge in [0.1, 0.15) is 6.04 Å². The van der Waals surface area contributed by atoms with Crippen LogP contribution in [-0.2, 0) is 15.7 Å². The van der Waals surface area contributed by atoms with E-state index in [2.05, 4.69) is 31.1 Å². The molecule has 1 aromatic rings. The Morgan fingerprint density at radius 1 is 1.26 bits per heavy atom. The van der Waals surface area contributed by atoms with Gasteiger partial charge in [-0.3, -0.25) is 9.59 Å². The summed E-state index contributed by atoms with van der Waals surface area (Å²) in [5.41, 5.74) is -0.986. The molecule has 0 bridgehead atoms. The molecule has 1 saturated heterocycles. The van der Waals surface area contributed by atoms with E-state index in [1.165, 1.54) is 12.1 Å². The van der Waals surface area contributed by atoms with E-state index in [0.717, 1.165) is 37.8 Å². The van der Waals surface area contributed by atoms with Gasteiger partial charge in [0.25, 0.3) is 5.91 Å². The van der Waals surface area contributed by atoms with Crippen LogP contribution in [0.1, 0.15) is 61.9 Å². The van der Waals surface area contributed by atoms with Crippen molar-refractivity contribution in [1.82, 2.24) is 15.1 Å². The first-order valence-corrected chi connectivity index (χ1v) is 12.0. The summed E-state index contributed by atoms with van der Waals surface area (Å²) < 4.78 is 44.3. The number of ether oxygens (including phenoxy) is 1. The van der Waals surface area contributed by atoms with Gasteiger partial charge in [-0.2, -0.15) is 13.2 Å². The largest absolute Gasteiger partial charge is 0.416 e. The summed E-state index contributed by atoms with van der Waals surface area (Å²) in [7, 11) is 3.82. The lowest BCUT2D eigenvalue weighted by molar-refractivity contribution is -0.137. The van der Waals surface area contributed by atoms with Crippen LogP contribution in [-0.4, -0.2) is 73.1 Å². The monoisotopic (exact) mass is 483 g/mol. The van der Waals surface area contributed by atoms with Crippen molar-refractivity contribution in [1.29, 1.82) is 0 Å². The Hall–Kier alpha value is -2.13. The molecule has 0 spiro atoms. The Morgan fingerprint density at radius 2 is 2.00 bits per heavy atom. The number of likely N-dealkylation sites (tertiary alicyclic amines) is 1. The van der Waals surface area contributed by atoms with Gasteiger partial charge in [-0.15, -0.1) is 0 Å². The van der Waals surface area contributed by atoms with Crippen LogP contribution in [0, 0.1) is 5.92 Å². The number of benzene rings is 1. The molecule has 1 N–H and O–H groups in total. The van der Waals surface area contributed by atoms with Crippen molar-refractivity contribution < 1.29 is 27.5 Å². The smallest absolute Gasteiger partial charge is 0.385 e. The Morgan fingerprint density at radius 3 is 2.65 bits per heavy atom.